The molecule has 0 unspecified atom stereocenters. The summed E-state index contributed by atoms with van der Waals surface area (Å²) in [6, 6.07) is 21.7. The summed E-state index contributed by atoms with van der Waals surface area (Å²) < 4.78 is 11.9. The first-order valence-corrected chi connectivity index (χ1v) is 9.89. The highest BCUT2D eigenvalue weighted by Crippen LogP contribution is 2.46. The van der Waals surface area contributed by atoms with Crippen LogP contribution in [-0.4, -0.2) is 32.1 Å². The summed E-state index contributed by atoms with van der Waals surface area (Å²) in [6.07, 6.45) is 5.26. The Balaban J connectivity index is 1.41. The van der Waals surface area contributed by atoms with Gasteiger partial charge in [-0.3, -0.25) is 0 Å². The molecule has 0 radical (unpaired) electrons. The van der Waals surface area contributed by atoms with E-state index in [9.17, 15) is 0 Å². The van der Waals surface area contributed by atoms with Gasteiger partial charge in [0.05, 0.1) is 13.2 Å². The molecule has 1 aliphatic carbocycles. The van der Waals surface area contributed by atoms with Crippen molar-refractivity contribution in [2.45, 2.75) is 43.3 Å². The van der Waals surface area contributed by atoms with Crippen LogP contribution in [0.2, 0.25) is 0 Å². The summed E-state index contributed by atoms with van der Waals surface area (Å²) in [6.45, 7) is 3.51. The van der Waals surface area contributed by atoms with Crippen LogP contribution >= 0.6 is 0 Å². The van der Waals surface area contributed by atoms with Crippen molar-refractivity contribution in [1.82, 2.24) is 5.32 Å². The van der Waals surface area contributed by atoms with Crippen molar-refractivity contribution in [1.29, 1.82) is 0 Å². The van der Waals surface area contributed by atoms with Gasteiger partial charge in [-0.2, -0.15) is 0 Å². The molecule has 1 aliphatic heterocycles. The van der Waals surface area contributed by atoms with Gasteiger partial charge in [-0.05, 0) is 36.9 Å². The number of nitrogens with one attached hydrogen (secondary N) is 1. The molecule has 26 heavy (non-hydrogen) atoms. The lowest BCUT2D eigenvalue weighted by atomic mass is 9.67. The predicted octanol–water partition coefficient (Wildman–Crippen LogP) is 4.07. The van der Waals surface area contributed by atoms with Gasteiger partial charge < -0.3 is 14.8 Å². The molecule has 1 spiro atoms. The Hall–Kier alpha value is -1.68. The van der Waals surface area contributed by atoms with Gasteiger partial charge in [-0.25, -0.2) is 0 Å². The second-order valence-electron chi connectivity index (χ2n) is 7.67. The van der Waals surface area contributed by atoms with Gasteiger partial charge in [0.2, 0.25) is 0 Å². The van der Waals surface area contributed by atoms with Crippen LogP contribution in [0, 0.1) is 0 Å². The first-order valence-electron chi connectivity index (χ1n) is 9.89. The topological polar surface area (TPSA) is 30.5 Å². The average Bonchev–Trinajstić information content (AvgIpc) is 3.17. The molecular formula is C23H29NO2. The third-order valence-corrected chi connectivity index (χ3v) is 6.07. The molecule has 3 nitrogen and oxygen atoms in total. The summed E-state index contributed by atoms with van der Waals surface area (Å²) in [5.74, 6) is -0.303. The molecule has 4 rings (SSSR count). The van der Waals surface area contributed by atoms with Gasteiger partial charge >= 0.3 is 0 Å². The first-order chi connectivity index (χ1) is 12.8. The molecule has 3 heteroatoms. The van der Waals surface area contributed by atoms with E-state index in [1.165, 1.54) is 11.1 Å². The molecule has 1 heterocycles. The fraction of sp³-hybridized carbons (Fsp3) is 0.478. The van der Waals surface area contributed by atoms with Crippen LogP contribution < -0.4 is 5.32 Å². The van der Waals surface area contributed by atoms with E-state index in [4.69, 9.17) is 9.47 Å². The van der Waals surface area contributed by atoms with Crippen molar-refractivity contribution in [2.24, 2.45) is 0 Å². The third-order valence-electron chi connectivity index (χ3n) is 6.07. The minimum atomic E-state index is -0.303. The molecule has 0 atom stereocenters. The van der Waals surface area contributed by atoms with E-state index in [1.807, 2.05) is 0 Å². The van der Waals surface area contributed by atoms with Crippen LogP contribution in [0.5, 0.6) is 0 Å². The summed E-state index contributed by atoms with van der Waals surface area (Å²) in [7, 11) is 0. The molecule has 0 bridgehead atoms. The van der Waals surface area contributed by atoms with Gasteiger partial charge in [0.1, 0.15) is 0 Å². The predicted molar refractivity (Wildman–Crippen MR) is 104 cm³/mol. The Morgan fingerprint density at radius 1 is 0.769 bits per heavy atom. The molecule has 1 N–H and O–H groups in total. The Kier molecular flexibility index (Phi) is 5.39. The maximum Gasteiger partial charge on any atom is 0.168 e. The molecule has 1 saturated heterocycles. The SMILES string of the molecule is c1ccc(CCNCC2(c3ccccc3)CCC3(CC2)OCCO3)cc1. The average molecular weight is 351 g/mol. The zero-order chi connectivity index (χ0) is 17.7. The Bertz CT molecular complexity index is 670. The van der Waals surface area contributed by atoms with Crippen LogP contribution in [0.1, 0.15) is 36.8 Å². The third kappa shape index (κ3) is 3.85. The maximum atomic E-state index is 5.95. The second kappa shape index (κ2) is 7.91. The number of hydrogen-bond acceptors (Lipinski definition) is 3. The molecule has 0 amide bonds. The number of rotatable bonds is 6. The molecular weight excluding hydrogens is 322 g/mol. The molecule has 1 saturated carbocycles. The van der Waals surface area contributed by atoms with Crippen molar-refractivity contribution >= 4 is 0 Å². The van der Waals surface area contributed by atoms with Crippen molar-refractivity contribution in [3.8, 4) is 0 Å². The monoisotopic (exact) mass is 351 g/mol. The minimum absolute atomic E-state index is 0.179. The van der Waals surface area contributed by atoms with Gasteiger partial charge in [-0.15, -0.1) is 0 Å². The first kappa shape index (κ1) is 17.7. The van der Waals surface area contributed by atoms with Crippen LogP contribution in [0.3, 0.4) is 0 Å². The summed E-state index contributed by atoms with van der Waals surface area (Å²) in [4.78, 5) is 0. The molecule has 138 valence electrons. The molecule has 2 aromatic rings. The van der Waals surface area contributed by atoms with Crippen molar-refractivity contribution < 1.29 is 9.47 Å². The van der Waals surface area contributed by atoms with Crippen LogP contribution in [0.15, 0.2) is 60.7 Å². The quantitative estimate of drug-likeness (QED) is 0.796. The Labute approximate surface area is 156 Å². The van der Waals surface area contributed by atoms with E-state index in [0.717, 1.165) is 58.4 Å². The highest BCUT2D eigenvalue weighted by atomic mass is 16.7. The second-order valence-corrected chi connectivity index (χ2v) is 7.67. The standard InChI is InChI=1S/C23H29NO2/c1-3-7-20(8-4-1)11-16-24-19-22(21-9-5-2-6-10-21)12-14-23(15-13-22)25-17-18-26-23/h1-10,24H,11-19H2. The lowest BCUT2D eigenvalue weighted by molar-refractivity contribution is -0.185. The van der Waals surface area contributed by atoms with E-state index < -0.39 is 0 Å². The zero-order valence-electron chi connectivity index (χ0n) is 15.5. The largest absolute Gasteiger partial charge is 0.348 e. The maximum absolute atomic E-state index is 5.95. The molecule has 2 aliphatic rings. The van der Waals surface area contributed by atoms with Crippen molar-refractivity contribution in [3.05, 3.63) is 71.8 Å². The summed E-state index contributed by atoms with van der Waals surface area (Å²) in [5.41, 5.74) is 3.02. The summed E-state index contributed by atoms with van der Waals surface area (Å²) in [5, 5.41) is 3.74. The van der Waals surface area contributed by atoms with Crippen LogP contribution in [0.4, 0.5) is 0 Å². The smallest absolute Gasteiger partial charge is 0.168 e. The van der Waals surface area contributed by atoms with E-state index in [1.54, 1.807) is 0 Å². The van der Waals surface area contributed by atoms with Gasteiger partial charge in [0.25, 0.3) is 0 Å². The van der Waals surface area contributed by atoms with Crippen LogP contribution in [-0.2, 0) is 21.3 Å². The minimum Gasteiger partial charge on any atom is -0.348 e. The fourth-order valence-corrected chi connectivity index (χ4v) is 4.46. The van der Waals surface area contributed by atoms with E-state index in [0.29, 0.717) is 0 Å². The number of ether oxygens (including phenoxy) is 2. The van der Waals surface area contributed by atoms with E-state index in [2.05, 4.69) is 66.0 Å². The zero-order valence-corrected chi connectivity index (χ0v) is 15.5. The Morgan fingerprint density at radius 2 is 1.38 bits per heavy atom. The van der Waals surface area contributed by atoms with Crippen LogP contribution in [0.25, 0.3) is 0 Å². The normalized spacial score (nSPS) is 21.1. The lowest BCUT2D eigenvalue weighted by Gasteiger charge is -2.44. The molecule has 0 aromatic heterocycles. The van der Waals surface area contributed by atoms with E-state index >= 15 is 0 Å². The van der Waals surface area contributed by atoms with Gasteiger partial charge in [0, 0.05) is 24.8 Å². The van der Waals surface area contributed by atoms with Gasteiger partial charge in [0.15, 0.2) is 5.79 Å². The molecule has 2 aromatic carbocycles. The van der Waals surface area contributed by atoms with Crippen molar-refractivity contribution in [2.75, 3.05) is 26.3 Å². The molecule has 2 fully saturated rings. The highest BCUT2D eigenvalue weighted by Gasteiger charge is 2.46. The van der Waals surface area contributed by atoms with Crippen molar-refractivity contribution in [3.63, 3.8) is 0 Å². The number of hydrogen-bond donors (Lipinski definition) is 1. The fourth-order valence-electron chi connectivity index (χ4n) is 4.46. The van der Waals surface area contributed by atoms with Gasteiger partial charge in [-0.1, -0.05) is 60.7 Å². The lowest BCUT2D eigenvalue weighted by Crippen LogP contribution is -2.47. The van der Waals surface area contributed by atoms with E-state index in [-0.39, 0.29) is 11.2 Å². The highest BCUT2D eigenvalue weighted by molar-refractivity contribution is 5.27. The number of benzene rings is 2. The Morgan fingerprint density at radius 3 is 2.04 bits per heavy atom. The summed E-state index contributed by atoms with van der Waals surface area (Å²) >= 11 is 0.